The number of rotatable bonds is 1. The van der Waals surface area contributed by atoms with Gasteiger partial charge in [0.1, 0.15) is 11.2 Å². The number of nitrogens with two attached hydrogens (primary N) is 2. The molecule has 5 N–H and O–H groups in total. The van der Waals surface area contributed by atoms with Gasteiger partial charge in [0.2, 0.25) is 0 Å². The third-order valence-corrected chi connectivity index (χ3v) is 6.76. The smallest absolute Gasteiger partial charge is 0.435 e. The van der Waals surface area contributed by atoms with Gasteiger partial charge in [0.15, 0.2) is 11.6 Å². The number of nitrogen functional groups attached to an aromatic ring is 2. The summed E-state index contributed by atoms with van der Waals surface area (Å²) >= 11 is 0. The van der Waals surface area contributed by atoms with Gasteiger partial charge in [-0.1, -0.05) is 0 Å². The van der Waals surface area contributed by atoms with Gasteiger partial charge in [-0.15, -0.1) is 5.10 Å². The number of fused-ring (bicyclic) bond motifs is 2. The molecule has 0 radical (unpaired) electrons. The van der Waals surface area contributed by atoms with Crippen LogP contribution < -0.4 is 11.5 Å². The number of nitrogens with zero attached hydrogens (tertiary/aromatic N) is 5. The van der Waals surface area contributed by atoms with Gasteiger partial charge < -0.3 is 25.7 Å². The van der Waals surface area contributed by atoms with Crippen molar-refractivity contribution in [3.8, 4) is 0 Å². The highest BCUT2D eigenvalue weighted by Crippen LogP contribution is 2.42. The number of H-pyrrole nitrogens is 1. The number of ether oxygens (including phenoxy) is 3. The number of nitrogens with one attached hydrogen (secondary N) is 1. The molecule has 228 valence electrons. The summed E-state index contributed by atoms with van der Waals surface area (Å²) in [6.45, 7) is 21.1. The standard InChI is InChI=1S/C15H24N4O4.C12H20N4O2/c1-7-22-13(21)19-10-9(11(16)17-19)8-18(15(10,5)6)12(20)23-14(2,3)4;1-11(2,3)18-10(17)16-6-7-8(12(16,4)5)14-15-9(7)13/h7-8H2,1-6H3,(H2,16,17);6H2,1-5H3,(H3,13,14,15). The first-order chi connectivity index (χ1) is 18.6. The van der Waals surface area contributed by atoms with E-state index in [1.54, 1.807) is 32.6 Å². The van der Waals surface area contributed by atoms with E-state index in [2.05, 4.69) is 15.3 Å². The number of carbonyl (C=O) groups is 3. The highest BCUT2D eigenvalue weighted by Gasteiger charge is 2.48. The molecule has 2 aliphatic heterocycles. The van der Waals surface area contributed by atoms with Crippen molar-refractivity contribution >= 4 is 29.9 Å². The van der Waals surface area contributed by atoms with E-state index in [0.717, 1.165) is 15.9 Å². The maximum Gasteiger partial charge on any atom is 0.435 e. The van der Waals surface area contributed by atoms with E-state index in [9.17, 15) is 14.4 Å². The maximum atomic E-state index is 12.5. The number of hydrogen-bond acceptors (Lipinski definition) is 10. The van der Waals surface area contributed by atoms with Crippen molar-refractivity contribution in [2.75, 3.05) is 18.1 Å². The van der Waals surface area contributed by atoms with Crippen LogP contribution in [0.2, 0.25) is 0 Å². The highest BCUT2D eigenvalue weighted by molar-refractivity contribution is 5.76. The van der Waals surface area contributed by atoms with Crippen molar-refractivity contribution in [2.45, 2.75) is 112 Å². The van der Waals surface area contributed by atoms with E-state index in [1.807, 2.05) is 48.5 Å². The fourth-order valence-corrected chi connectivity index (χ4v) is 4.81. The topological polar surface area (TPSA) is 184 Å². The fourth-order valence-electron chi connectivity index (χ4n) is 4.81. The van der Waals surface area contributed by atoms with Crippen molar-refractivity contribution in [2.24, 2.45) is 0 Å². The summed E-state index contributed by atoms with van der Waals surface area (Å²) in [4.78, 5) is 40.0. The third-order valence-electron chi connectivity index (χ3n) is 6.76. The van der Waals surface area contributed by atoms with Crippen LogP contribution in [0.25, 0.3) is 0 Å². The van der Waals surface area contributed by atoms with Crippen LogP contribution in [0.15, 0.2) is 0 Å². The van der Waals surface area contributed by atoms with Crippen molar-refractivity contribution in [1.29, 1.82) is 0 Å². The second-order valence-corrected chi connectivity index (χ2v) is 13.0. The van der Waals surface area contributed by atoms with Crippen LogP contribution in [-0.4, -0.2) is 65.9 Å². The van der Waals surface area contributed by atoms with E-state index in [1.165, 1.54) is 4.90 Å². The van der Waals surface area contributed by atoms with Gasteiger partial charge >= 0.3 is 18.3 Å². The Kier molecular flexibility index (Phi) is 8.05. The van der Waals surface area contributed by atoms with Gasteiger partial charge in [0.05, 0.1) is 42.2 Å². The molecule has 14 nitrogen and oxygen atoms in total. The summed E-state index contributed by atoms with van der Waals surface area (Å²) in [7, 11) is 0. The number of aromatic amines is 1. The Hall–Kier alpha value is -3.97. The number of hydrogen-bond donors (Lipinski definition) is 3. The van der Waals surface area contributed by atoms with Crippen molar-refractivity contribution in [3.05, 3.63) is 22.5 Å². The summed E-state index contributed by atoms with van der Waals surface area (Å²) in [5, 5.41) is 10.9. The van der Waals surface area contributed by atoms with E-state index in [-0.39, 0.29) is 25.1 Å². The van der Waals surface area contributed by atoms with Gasteiger partial charge in [0.25, 0.3) is 0 Å². The molecule has 0 saturated carbocycles. The Labute approximate surface area is 240 Å². The van der Waals surface area contributed by atoms with E-state index < -0.39 is 34.5 Å². The zero-order valence-corrected chi connectivity index (χ0v) is 26.0. The molecule has 0 spiro atoms. The van der Waals surface area contributed by atoms with Crippen LogP contribution in [0, 0.1) is 0 Å². The van der Waals surface area contributed by atoms with E-state index >= 15 is 0 Å². The summed E-state index contributed by atoms with van der Waals surface area (Å²) in [6.07, 6.45) is -1.41. The molecule has 41 heavy (non-hydrogen) atoms. The Morgan fingerprint density at radius 2 is 1.32 bits per heavy atom. The minimum atomic E-state index is -0.797. The van der Waals surface area contributed by atoms with Crippen LogP contribution in [0.5, 0.6) is 0 Å². The van der Waals surface area contributed by atoms with Gasteiger partial charge in [-0.2, -0.15) is 9.78 Å². The lowest BCUT2D eigenvalue weighted by molar-refractivity contribution is 0.00308. The second-order valence-electron chi connectivity index (χ2n) is 13.0. The molecule has 2 aromatic rings. The largest absolute Gasteiger partial charge is 0.448 e. The molecule has 0 bridgehead atoms. The average molecular weight is 577 g/mol. The minimum absolute atomic E-state index is 0.215. The predicted molar refractivity (Wildman–Crippen MR) is 152 cm³/mol. The van der Waals surface area contributed by atoms with Crippen molar-refractivity contribution in [1.82, 2.24) is 29.8 Å². The monoisotopic (exact) mass is 576 g/mol. The first-order valence-corrected chi connectivity index (χ1v) is 13.5. The fraction of sp³-hybridized carbons (Fsp3) is 0.667. The maximum absolute atomic E-state index is 12.5. The van der Waals surface area contributed by atoms with Gasteiger partial charge in [0, 0.05) is 11.1 Å². The molecule has 2 aliphatic rings. The lowest BCUT2D eigenvalue weighted by Gasteiger charge is -2.34. The summed E-state index contributed by atoms with van der Waals surface area (Å²) < 4.78 is 17.0. The first-order valence-electron chi connectivity index (χ1n) is 13.5. The Morgan fingerprint density at radius 1 is 0.829 bits per heavy atom. The zero-order valence-electron chi connectivity index (χ0n) is 26.0. The molecule has 2 aromatic heterocycles. The average Bonchev–Trinajstić information content (AvgIpc) is 3.48. The summed E-state index contributed by atoms with van der Waals surface area (Å²) in [5.74, 6) is 0.663. The molecular weight excluding hydrogens is 532 g/mol. The normalized spacial score (nSPS) is 16.9. The highest BCUT2D eigenvalue weighted by atomic mass is 16.6. The molecule has 4 rings (SSSR count). The van der Waals surface area contributed by atoms with Crippen LogP contribution in [0.3, 0.4) is 0 Å². The molecule has 0 aliphatic carbocycles. The van der Waals surface area contributed by atoms with Gasteiger partial charge in [-0.05, 0) is 76.2 Å². The van der Waals surface area contributed by atoms with Gasteiger partial charge in [-0.25, -0.2) is 14.4 Å². The molecule has 0 aromatic carbocycles. The van der Waals surface area contributed by atoms with Crippen LogP contribution in [0.4, 0.5) is 26.0 Å². The number of carbonyl (C=O) groups excluding carboxylic acids is 3. The minimum Gasteiger partial charge on any atom is -0.448 e. The molecule has 0 atom stereocenters. The molecule has 4 heterocycles. The molecular formula is C27H44N8O6. The van der Waals surface area contributed by atoms with Crippen LogP contribution >= 0.6 is 0 Å². The molecule has 2 amide bonds. The Morgan fingerprint density at radius 3 is 1.78 bits per heavy atom. The molecule has 14 heteroatoms. The quantitative estimate of drug-likeness (QED) is 0.410. The number of anilines is 2. The molecule has 0 fully saturated rings. The SMILES string of the molecule is CC(C)(C)OC(=O)N1Cc2c(N)n[nH]c2C1(C)C.CCOC(=O)n1nc(N)c2c1C(C)(C)N(C(=O)OC(C)(C)C)C2. The lowest BCUT2D eigenvalue weighted by Crippen LogP contribution is -2.44. The Bertz CT molecular complexity index is 1330. The van der Waals surface area contributed by atoms with Crippen LogP contribution in [0.1, 0.15) is 98.7 Å². The van der Waals surface area contributed by atoms with Gasteiger partial charge in [-0.3, -0.25) is 14.9 Å². The first kappa shape index (κ1) is 31.6. The summed E-state index contributed by atoms with van der Waals surface area (Å²) in [5.41, 5.74) is 12.3. The zero-order chi connectivity index (χ0) is 31.3. The van der Waals surface area contributed by atoms with Crippen molar-refractivity contribution in [3.63, 3.8) is 0 Å². The summed E-state index contributed by atoms with van der Waals surface area (Å²) in [6, 6.07) is 0. The molecule has 0 saturated heterocycles. The lowest BCUT2D eigenvalue weighted by atomic mass is 10.0. The third kappa shape index (κ3) is 6.20. The van der Waals surface area contributed by atoms with E-state index in [4.69, 9.17) is 25.7 Å². The second kappa shape index (κ2) is 10.5. The van der Waals surface area contributed by atoms with Crippen LogP contribution in [-0.2, 0) is 38.4 Å². The number of amides is 2. The predicted octanol–water partition coefficient (Wildman–Crippen LogP) is 4.43. The Balaban J connectivity index is 0.000000232. The van der Waals surface area contributed by atoms with E-state index in [0.29, 0.717) is 23.6 Å². The number of aromatic nitrogens is 4. The molecule has 0 unspecified atom stereocenters. The van der Waals surface area contributed by atoms with Crippen molar-refractivity contribution < 1.29 is 28.6 Å².